The van der Waals surface area contributed by atoms with Gasteiger partial charge in [0, 0.05) is 0 Å². The summed E-state index contributed by atoms with van der Waals surface area (Å²) in [7, 11) is 0. The molecule has 1 saturated heterocycles. The summed E-state index contributed by atoms with van der Waals surface area (Å²) in [6, 6.07) is 33.8. The van der Waals surface area contributed by atoms with E-state index in [1.54, 1.807) is 22.3 Å². The van der Waals surface area contributed by atoms with Gasteiger partial charge in [-0.2, -0.15) is 0 Å². The van der Waals surface area contributed by atoms with E-state index in [9.17, 15) is 0 Å². The first-order valence-corrected chi connectivity index (χ1v) is 25.8. The molecule has 4 atom stereocenters. The van der Waals surface area contributed by atoms with Gasteiger partial charge in [0.2, 0.25) is 0 Å². The fourth-order valence-corrected chi connectivity index (χ4v) is 34.8. The largest absolute Gasteiger partial charge is 1.00 e. The number of benzene rings is 4. The van der Waals surface area contributed by atoms with Gasteiger partial charge in [0.05, 0.1) is 0 Å². The summed E-state index contributed by atoms with van der Waals surface area (Å²) in [6.45, 7) is 23.9. The van der Waals surface area contributed by atoms with E-state index in [0.717, 1.165) is 7.25 Å². The zero-order valence-electron chi connectivity index (χ0n) is 33.8. The van der Waals surface area contributed by atoms with E-state index in [2.05, 4.69) is 166 Å². The Bertz CT molecular complexity index is 1880. The Morgan fingerprint density at radius 2 is 0.868 bits per heavy atom. The topological polar surface area (TPSA) is 0 Å². The van der Waals surface area contributed by atoms with Crippen LogP contribution in [0.1, 0.15) is 136 Å². The number of fused-ring (bicyclic) bond motifs is 3. The van der Waals surface area contributed by atoms with E-state index in [-0.39, 0.29) is 35.6 Å². The molecule has 4 unspecified atom stereocenters. The molecule has 4 aromatic carbocycles. The van der Waals surface area contributed by atoms with Gasteiger partial charge >= 0.3 is 316 Å². The number of halogens is 2. The fraction of sp³-hybridized carbons (Fsp3) is 0.440. The van der Waals surface area contributed by atoms with E-state index in [0.29, 0.717) is 19.1 Å². The van der Waals surface area contributed by atoms with E-state index in [1.807, 2.05) is 0 Å². The summed E-state index contributed by atoms with van der Waals surface area (Å²) in [4.78, 5) is 0. The predicted molar refractivity (Wildman–Crippen MR) is 218 cm³/mol. The first kappa shape index (κ1) is 40.5. The molecular weight excluding hydrogens is 763 g/mol. The zero-order valence-corrected chi connectivity index (χ0v) is 37.8. The Balaban J connectivity index is 0.00000240. The molecule has 278 valence electrons. The van der Waals surface area contributed by atoms with Gasteiger partial charge in [0.25, 0.3) is 0 Å². The van der Waals surface area contributed by atoms with E-state index < -0.39 is 20.3 Å². The first-order valence-electron chi connectivity index (χ1n) is 20.1. The van der Waals surface area contributed by atoms with E-state index in [1.165, 1.54) is 70.2 Å². The van der Waals surface area contributed by atoms with Crippen molar-refractivity contribution in [3.05, 3.63) is 129 Å². The minimum Gasteiger partial charge on any atom is -1.00 e. The molecule has 3 aliphatic carbocycles. The van der Waals surface area contributed by atoms with Gasteiger partial charge in [-0.3, -0.25) is 0 Å². The van der Waals surface area contributed by atoms with Crippen LogP contribution in [0.15, 0.2) is 96.1 Å². The van der Waals surface area contributed by atoms with Gasteiger partial charge in [-0.05, 0) is 0 Å². The van der Waals surface area contributed by atoms with Crippen LogP contribution in [-0.4, -0.2) is 0 Å². The standard InChI is InChI=1S/2C22H25.C6H10.2ClH.Zr/c2*1-15(2)18-13-17-7-6-8-20(21(17)14-18)16-9-11-19(12-10-16)22(3,4)5;1-2-4-6-5-3-1;;;/h2*6-15H,1-5H3;1-2H,3-6H2;2*1H;/q;;;;;+2/p-2. The van der Waals surface area contributed by atoms with Crippen LogP contribution in [-0.2, 0) is 31.1 Å². The molecule has 1 saturated carbocycles. The van der Waals surface area contributed by atoms with Crippen LogP contribution in [0.4, 0.5) is 0 Å². The maximum Gasteiger partial charge on any atom is -1.00 e. The summed E-state index contributed by atoms with van der Waals surface area (Å²) >= 11 is -3.12. The molecule has 8 rings (SSSR count). The van der Waals surface area contributed by atoms with Gasteiger partial charge in [-0.25, -0.2) is 0 Å². The van der Waals surface area contributed by atoms with Gasteiger partial charge in [0.1, 0.15) is 0 Å². The maximum atomic E-state index is 2.71. The summed E-state index contributed by atoms with van der Waals surface area (Å²) in [5.41, 5.74) is 18.7. The molecule has 53 heavy (non-hydrogen) atoms. The van der Waals surface area contributed by atoms with E-state index >= 15 is 0 Å². The van der Waals surface area contributed by atoms with Crippen LogP contribution < -0.4 is 24.8 Å². The predicted octanol–water partition coefficient (Wildman–Crippen LogP) is 8.83. The minimum absolute atomic E-state index is 0. The molecule has 3 heteroatoms. The molecule has 1 heterocycles. The molecule has 0 radical (unpaired) electrons. The average Bonchev–Trinajstić information content (AvgIpc) is 3.36. The van der Waals surface area contributed by atoms with Crippen LogP contribution in [0, 0.1) is 11.8 Å². The second-order valence-corrected chi connectivity index (χ2v) is 30.6. The second-order valence-electron chi connectivity index (χ2n) is 19.2. The molecule has 4 aromatic rings. The van der Waals surface area contributed by atoms with Crippen LogP contribution in [0.2, 0.25) is 7.25 Å². The van der Waals surface area contributed by atoms with E-state index in [4.69, 9.17) is 0 Å². The smallest absolute Gasteiger partial charge is 1.00 e. The fourth-order valence-electron chi connectivity index (χ4n) is 11.0. The molecule has 0 spiro atoms. The molecule has 0 bridgehead atoms. The van der Waals surface area contributed by atoms with Crippen LogP contribution in [0.25, 0.3) is 34.4 Å². The summed E-state index contributed by atoms with van der Waals surface area (Å²) in [5.74, 6) is 1.10. The molecule has 0 nitrogen and oxygen atoms in total. The third kappa shape index (κ3) is 6.66. The minimum atomic E-state index is -3.12. The SMILES string of the molecule is CC(C)C1=Cc2c(-c3ccc(C(C)(C)C)cc3)cccc2[CH]1[Zr+2]1([CH]2C(C(C)C)=Cc3c(-c4ccc(C(C)(C)C)cc4)cccc32)[CH]2CCCC[CH]21.[Cl-].[Cl-]. The van der Waals surface area contributed by atoms with Crippen molar-refractivity contribution >= 4 is 12.2 Å². The molecule has 0 aromatic heterocycles. The molecular formula is C50H60Cl2Zr. The number of hydrogen-bond acceptors (Lipinski definition) is 0. The molecule has 0 amide bonds. The normalized spacial score (nSPS) is 23.2. The Labute approximate surface area is 338 Å². The first-order chi connectivity index (χ1) is 24.2. The zero-order chi connectivity index (χ0) is 36.0. The molecule has 4 aliphatic rings. The van der Waals surface area contributed by atoms with Crippen molar-refractivity contribution in [3.63, 3.8) is 0 Å². The molecule has 1 aliphatic heterocycles. The number of hydrogen-bond donors (Lipinski definition) is 0. The van der Waals surface area contributed by atoms with Gasteiger partial charge in [0.15, 0.2) is 0 Å². The summed E-state index contributed by atoms with van der Waals surface area (Å²) in [6.07, 6.45) is 11.2. The van der Waals surface area contributed by atoms with Gasteiger partial charge < -0.3 is 24.8 Å². The van der Waals surface area contributed by atoms with Gasteiger partial charge in [-0.15, -0.1) is 0 Å². The number of allylic oxidation sites excluding steroid dienone is 2. The Kier molecular flexibility index (Phi) is 11.2. The molecule has 0 N–H and O–H groups in total. The third-order valence-corrected chi connectivity index (χ3v) is 30.4. The monoisotopic (exact) mass is 820 g/mol. The van der Waals surface area contributed by atoms with Crippen molar-refractivity contribution in [2.75, 3.05) is 0 Å². The Hall–Kier alpha value is -2.18. The van der Waals surface area contributed by atoms with Crippen LogP contribution in [0.3, 0.4) is 0 Å². The molecule has 2 fully saturated rings. The summed E-state index contributed by atoms with van der Waals surface area (Å²) < 4.78 is 3.27. The third-order valence-electron chi connectivity index (χ3n) is 13.6. The van der Waals surface area contributed by atoms with Gasteiger partial charge in [-0.1, -0.05) is 0 Å². The van der Waals surface area contributed by atoms with Crippen molar-refractivity contribution in [3.8, 4) is 22.3 Å². The second kappa shape index (κ2) is 14.7. The van der Waals surface area contributed by atoms with Crippen LogP contribution in [0.5, 0.6) is 0 Å². The Morgan fingerprint density at radius 3 is 1.19 bits per heavy atom. The summed E-state index contributed by atoms with van der Waals surface area (Å²) in [5, 5.41) is 0. The van der Waals surface area contributed by atoms with Crippen molar-refractivity contribution in [2.45, 2.75) is 120 Å². The Morgan fingerprint density at radius 1 is 0.509 bits per heavy atom. The average molecular weight is 823 g/mol. The number of rotatable bonds is 6. The van der Waals surface area contributed by atoms with Crippen LogP contribution >= 0.6 is 0 Å². The van der Waals surface area contributed by atoms with Crippen molar-refractivity contribution in [1.29, 1.82) is 0 Å². The maximum absolute atomic E-state index is 3.12. The van der Waals surface area contributed by atoms with Crippen molar-refractivity contribution in [1.82, 2.24) is 0 Å². The quantitative estimate of drug-likeness (QED) is 0.183. The van der Waals surface area contributed by atoms with Crippen molar-refractivity contribution in [2.24, 2.45) is 11.8 Å². The van der Waals surface area contributed by atoms with Crippen molar-refractivity contribution < 1.29 is 45.1 Å².